The summed E-state index contributed by atoms with van der Waals surface area (Å²) in [7, 11) is 0. The van der Waals surface area contributed by atoms with Gasteiger partial charge in [0.05, 0.1) is 6.21 Å². The van der Waals surface area contributed by atoms with Gasteiger partial charge in [-0.2, -0.15) is 5.10 Å². The molecule has 5 heteroatoms. The Balaban J connectivity index is 1.92. The maximum atomic E-state index is 12.0. The molecule has 124 valence electrons. The second kappa shape index (κ2) is 7.90. The molecular formula is C18H25N3O2. The van der Waals surface area contributed by atoms with Crippen molar-refractivity contribution in [1.82, 2.24) is 10.3 Å². The Morgan fingerprint density at radius 1 is 1.22 bits per heavy atom. The Kier molecular flexibility index (Phi) is 5.90. The molecule has 1 aromatic carbocycles. The molecule has 1 aromatic rings. The van der Waals surface area contributed by atoms with Gasteiger partial charge in [-0.25, -0.2) is 5.43 Å². The number of carbonyl (C=O) groups excluding carboxylic acids is 2. The highest BCUT2D eigenvalue weighted by Crippen LogP contribution is 2.14. The first-order valence-electron chi connectivity index (χ1n) is 8.15. The molecule has 0 bridgehead atoms. The molecule has 0 unspecified atom stereocenters. The van der Waals surface area contributed by atoms with Crippen LogP contribution in [-0.2, 0) is 9.59 Å². The predicted molar refractivity (Wildman–Crippen MR) is 91.4 cm³/mol. The summed E-state index contributed by atoms with van der Waals surface area (Å²) in [5, 5.41) is 4.04. The lowest BCUT2D eigenvalue weighted by molar-refractivity contribution is -0.135. The summed E-state index contributed by atoms with van der Waals surface area (Å²) >= 11 is 0. The van der Waals surface area contributed by atoms with Gasteiger partial charge < -0.3 is 4.90 Å². The Labute approximate surface area is 137 Å². The lowest BCUT2D eigenvalue weighted by Gasteiger charge is -2.18. The van der Waals surface area contributed by atoms with Crippen LogP contribution in [0.2, 0.25) is 0 Å². The van der Waals surface area contributed by atoms with E-state index in [0.717, 1.165) is 36.0 Å². The Morgan fingerprint density at radius 2 is 1.91 bits per heavy atom. The van der Waals surface area contributed by atoms with Crippen molar-refractivity contribution < 1.29 is 9.59 Å². The third-order valence-electron chi connectivity index (χ3n) is 4.13. The van der Waals surface area contributed by atoms with Crippen LogP contribution in [0.5, 0.6) is 0 Å². The minimum Gasteiger partial charge on any atom is -0.333 e. The molecule has 1 aliphatic rings. The molecule has 0 atom stereocenters. The summed E-state index contributed by atoms with van der Waals surface area (Å²) in [5.74, 6) is -0.189. The van der Waals surface area contributed by atoms with Gasteiger partial charge in [0.1, 0.15) is 6.54 Å². The summed E-state index contributed by atoms with van der Waals surface area (Å²) in [4.78, 5) is 25.5. The number of rotatable bonds is 4. The van der Waals surface area contributed by atoms with E-state index in [1.54, 1.807) is 11.1 Å². The second-order valence-electron chi connectivity index (χ2n) is 6.23. The SMILES string of the molecule is Cc1cc(C)c(/C=N\NC(=O)CN2CCCCCC2=O)c(C)c1. The molecular weight excluding hydrogens is 290 g/mol. The number of amides is 2. The smallest absolute Gasteiger partial charge is 0.259 e. The first-order chi connectivity index (χ1) is 11.0. The number of aryl methyl sites for hydroxylation is 3. The van der Waals surface area contributed by atoms with Crippen molar-refractivity contribution in [1.29, 1.82) is 0 Å². The fourth-order valence-electron chi connectivity index (χ4n) is 2.98. The minimum absolute atomic E-state index is 0.0619. The third kappa shape index (κ3) is 4.91. The van der Waals surface area contributed by atoms with Crippen molar-refractivity contribution in [3.8, 4) is 0 Å². The summed E-state index contributed by atoms with van der Waals surface area (Å²) in [5.41, 5.74) is 7.01. The van der Waals surface area contributed by atoms with E-state index in [2.05, 4.69) is 29.6 Å². The first-order valence-corrected chi connectivity index (χ1v) is 8.15. The molecule has 2 rings (SSSR count). The number of carbonyl (C=O) groups is 2. The number of nitrogens with zero attached hydrogens (tertiary/aromatic N) is 2. The van der Waals surface area contributed by atoms with E-state index < -0.39 is 0 Å². The molecule has 1 N–H and O–H groups in total. The van der Waals surface area contributed by atoms with Crippen LogP contribution in [0.15, 0.2) is 17.2 Å². The van der Waals surface area contributed by atoms with E-state index in [4.69, 9.17) is 0 Å². The van der Waals surface area contributed by atoms with Crippen molar-refractivity contribution in [3.63, 3.8) is 0 Å². The molecule has 0 saturated carbocycles. The van der Waals surface area contributed by atoms with Crippen molar-refractivity contribution in [2.75, 3.05) is 13.1 Å². The molecule has 0 radical (unpaired) electrons. The normalized spacial score (nSPS) is 15.8. The standard InChI is InChI=1S/C18H25N3O2/c1-13-9-14(2)16(15(3)10-13)11-19-20-17(22)12-21-8-6-4-5-7-18(21)23/h9-11H,4-8,12H2,1-3H3,(H,20,22)/b19-11-. The van der Waals surface area contributed by atoms with Crippen LogP contribution in [0.1, 0.15) is 47.9 Å². The first kappa shape index (κ1) is 17.2. The maximum Gasteiger partial charge on any atom is 0.259 e. The molecule has 0 aromatic heterocycles. The highest BCUT2D eigenvalue weighted by Gasteiger charge is 2.18. The van der Waals surface area contributed by atoms with Crippen LogP contribution in [0.25, 0.3) is 0 Å². The molecule has 1 heterocycles. The second-order valence-corrected chi connectivity index (χ2v) is 6.23. The Morgan fingerprint density at radius 3 is 2.61 bits per heavy atom. The molecule has 1 saturated heterocycles. The zero-order valence-electron chi connectivity index (χ0n) is 14.2. The highest BCUT2D eigenvalue weighted by atomic mass is 16.2. The van der Waals surface area contributed by atoms with E-state index in [1.165, 1.54) is 5.56 Å². The molecule has 2 amide bonds. The summed E-state index contributed by atoms with van der Waals surface area (Å²) in [6, 6.07) is 4.18. The van der Waals surface area contributed by atoms with Gasteiger partial charge in [0.2, 0.25) is 5.91 Å². The van der Waals surface area contributed by atoms with Crippen LogP contribution in [0.4, 0.5) is 0 Å². The lowest BCUT2D eigenvalue weighted by atomic mass is 10.0. The zero-order chi connectivity index (χ0) is 16.8. The van der Waals surface area contributed by atoms with E-state index in [-0.39, 0.29) is 18.4 Å². The van der Waals surface area contributed by atoms with Gasteiger partial charge in [-0.15, -0.1) is 0 Å². The van der Waals surface area contributed by atoms with E-state index in [1.807, 2.05) is 13.8 Å². The number of likely N-dealkylation sites (tertiary alicyclic amines) is 1. The van der Waals surface area contributed by atoms with Gasteiger partial charge in [0, 0.05) is 18.5 Å². The molecule has 5 nitrogen and oxygen atoms in total. The van der Waals surface area contributed by atoms with E-state index in [9.17, 15) is 9.59 Å². The van der Waals surface area contributed by atoms with Gasteiger partial charge in [-0.05, 0) is 44.7 Å². The van der Waals surface area contributed by atoms with Crippen LogP contribution < -0.4 is 5.43 Å². The molecule has 0 spiro atoms. The van der Waals surface area contributed by atoms with Crippen LogP contribution in [-0.4, -0.2) is 36.0 Å². The van der Waals surface area contributed by atoms with Gasteiger partial charge in [0.15, 0.2) is 0 Å². The van der Waals surface area contributed by atoms with Gasteiger partial charge in [-0.1, -0.05) is 24.1 Å². The number of nitrogens with one attached hydrogen (secondary N) is 1. The number of benzene rings is 1. The summed E-state index contributed by atoms with van der Waals surface area (Å²) < 4.78 is 0. The van der Waals surface area contributed by atoms with E-state index >= 15 is 0 Å². The topological polar surface area (TPSA) is 61.8 Å². The fourth-order valence-corrected chi connectivity index (χ4v) is 2.98. The predicted octanol–water partition coefficient (Wildman–Crippen LogP) is 2.46. The number of hydrazone groups is 1. The largest absolute Gasteiger partial charge is 0.333 e. The van der Waals surface area contributed by atoms with Crippen LogP contribution in [0.3, 0.4) is 0 Å². The van der Waals surface area contributed by atoms with Crippen molar-refractivity contribution in [2.45, 2.75) is 46.5 Å². The number of hydrogen-bond donors (Lipinski definition) is 1. The van der Waals surface area contributed by atoms with Crippen molar-refractivity contribution >= 4 is 18.0 Å². The molecule has 23 heavy (non-hydrogen) atoms. The van der Waals surface area contributed by atoms with Gasteiger partial charge in [0.25, 0.3) is 5.91 Å². The Bertz CT molecular complexity index is 600. The van der Waals surface area contributed by atoms with Crippen LogP contribution in [0, 0.1) is 20.8 Å². The lowest BCUT2D eigenvalue weighted by Crippen LogP contribution is -2.39. The molecule has 1 fully saturated rings. The average Bonchev–Trinajstić information content (AvgIpc) is 2.67. The minimum atomic E-state index is -0.251. The quantitative estimate of drug-likeness (QED) is 0.685. The van der Waals surface area contributed by atoms with Gasteiger partial charge >= 0.3 is 0 Å². The zero-order valence-corrected chi connectivity index (χ0v) is 14.2. The maximum absolute atomic E-state index is 12.0. The van der Waals surface area contributed by atoms with Crippen LogP contribution >= 0.6 is 0 Å². The monoisotopic (exact) mass is 315 g/mol. The van der Waals surface area contributed by atoms with E-state index in [0.29, 0.717) is 13.0 Å². The third-order valence-corrected chi connectivity index (χ3v) is 4.13. The molecule has 1 aliphatic heterocycles. The highest BCUT2D eigenvalue weighted by molar-refractivity contribution is 5.87. The number of hydrogen-bond acceptors (Lipinski definition) is 3. The fraction of sp³-hybridized carbons (Fsp3) is 0.500. The van der Waals surface area contributed by atoms with Gasteiger partial charge in [-0.3, -0.25) is 9.59 Å². The summed E-state index contributed by atoms with van der Waals surface area (Å²) in [6.45, 7) is 6.85. The summed E-state index contributed by atoms with van der Waals surface area (Å²) in [6.07, 6.45) is 5.14. The average molecular weight is 315 g/mol. The van der Waals surface area contributed by atoms with Crippen molar-refractivity contribution in [2.24, 2.45) is 5.10 Å². The molecule has 0 aliphatic carbocycles. The van der Waals surface area contributed by atoms with Crippen molar-refractivity contribution in [3.05, 3.63) is 34.4 Å². The Hall–Kier alpha value is -2.17.